The predicted molar refractivity (Wildman–Crippen MR) is 59.4 cm³/mol. The van der Waals surface area contributed by atoms with E-state index in [0.717, 1.165) is 25.9 Å². The Labute approximate surface area is 91.3 Å². The summed E-state index contributed by atoms with van der Waals surface area (Å²) in [5.74, 6) is 0.129. The molecule has 4 heteroatoms. The first-order chi connectivity index (χ1) is 7.24. The maximum atomic E-state index is 11.4. The molecule has 0 radical (unpaired) electrons. The summed E-state index contributed by atoms with van der Waals surface area (Å²) in [6.45, 7) is 3.86. The molecule has 0 bridgehead atoms. The van der Waals surface area contributed by atoms with Crippen LogP contribution in [-0.4, -0.2) is 43.6 Å². The van der Waals surface area contributed by atoms with Crippen LogP contribution in [0.1, 0.15) is 19.8 Å². The molecule has 1 heterocycles. The van der Waals surface area contributed by atoms with Crippen molar-refractivity contribution in [2.24, 2.45) is 0 Å². The Bertz CT molecular complexity index is 229. The van der Waals surface area contributed by atoms with E-state index in [4.69, 9.17) is 4.74 Å². The Balaban J connectivity index is 2.10. The fraction of sp³-hybridized carbons (Fsp3) is 0.727. The summed E-state index contributed by atoms with van der Waals surface area (Å²) in [7, 11) is 1.81. The number of hydrogen-bond donors (Lipinski definition) is 1. The summed E-state index contributed by atoms with van der Waals surface area (Å²) in [5, 5.41) is 3.12. The van der Waals surface area contributed by atoms with Gasteiger partial charge in [0.05, 0.1) is 12.8 Å². The van der Waals surface area contributed by atoms with Crippen LogP contribution in [0.5, 0.6) is 0 Å². The van der Waals surface area contributed by atoms with Crippen LogP contribution < -0.4 is 5.32 Å². The van der Waals surface area contributed by atoms with Crippen LogP contribution in [-0.2, 0) is 9.53 Å². The molecule has 0 aromatic rings. The third kappa shape index (κ3) is 4.34. The lowest BCUT2D eigenvalue weighted by molar-refractivity contribution is -0.128. The number of nitrogens with one attached hydrogen (secondary N) is 1. The standard InChI is InChI=1S/C11H20N2O2/c1-3-13(2)11(14)9-12-8-10-6-4-5-7-15-10/h5,7,10,12H,3-4,6,8-9H2,1-2H3. The Morgan fingerprint density at radius 3 is 3.07 bits per heavy atom. The first kappa shape index (κ1) is 12.0. The van der Waals surface area contributed by atoms with E-state index in [1.165, 1.54) is 0 Å². The Hall–Kier alpha value is -1.03. The van der Waals surface area contributed by atoms with E-state index in [1.54, 1.807) is 11.2 Å². The molecule has 1 aliphatic heterocycles. The fourth-order valence-electron chi connectivity index (χ4n) is 1.39. The highest BCUT2D eigenvalue weighted by atomic mass is 16.5. The Kier molecular flexibility index (Phi) is 5.18. The van der Waals surface area contributed by atoms with Gasteiger partial charge in [0, 0.05) is 20.1 Å². The third-order valence-corrected chi connectivity index (χ3v) is 2.57. The van der Waals surface area contributed by atoms with E-state index >= 15 is 0 Å². The molecule has 1 rings (SSSR count). The van der Waals surface area contributed by atoms with Crippen molar-refractivity contribution in [1.29, 1.82) is 0 Å². The molecule has 0 saturated heterocycles. The second-order valence-corrected chi connectivity index (χ2v) is 3.75. The van der Waals surface area contributed by atoms with Crippen molar-refractivity contribution < 1.29 is 9.53 Å². The lowest BCUT2D eigenvalue weighted by Crippen LogP contribution is -2.38. The molecule has 0 aromatic carbocycles. The van der Waals surface area contributed by atoms with Gasteiger partial charge in [-0.3, -0.25) is 4.79 Å². The largest absolute Gasteiger partial charge is 0.497 e. The molecule has 4 nitrogen and oxygen atoms in total. The van der Waals surface area contributed by atoms with Crippen LogP contribution >= 0.6 is 0 Å². The van der Waals surface area contributed by atoms with Gasteiger partial charge in [0.25, 0.3) is 0 Å². The minimum Gasteiger partial charge on any atom is -0.497 e. The first-order valence-corrected chi connectivity index (χ1v) is 5.49. The Morgan fingerprint density at radius 2 is 2.47 bits per heavy atom. The topological polar surface area (TPSA) is 41.6 Å². The zero-order chi connectivity index (χ0) is 11.1. The lowest BCUT2D eigenvalue weighted by atomic mass is 10.1. The summed E-state index contributed by atoms with van der Waals surface area (Å²) >= 11 is 0. The molecule has 1 N–H and O–H groups in total. The SMILES string of the molecule is CCN(C)C(=O)CNCC1CCC=CO1. The molecule has 1 aliphatic rings. The third-order valence-electron chi connectivity index (χ3n) is 2.57. The molecule has 86 valence electrons. The van der Waals surface area contributed by atoms with E-state index in [9.17, 15) is 4.79 Å². The molecule has 1 atom stereocenters. The van der Waals surface area contributed by atoms with E-state index in [1.807, 2.05) is 20.0 Å². The second kappa shape index (κ2) is 6.45. The number of likely N-dealkylation sites (N-methyl/N-ethyl adjacent to an activating group) is 1. The van der Waals surface area contributed by atoms with E-state index in [-0.39, 0.29) is 12.0 Å². The average Bonchev–Trinajstić information content (AvgIpc) is 2.29. The summed E-state index contributed by atoms with van der Waals surface area (Å²) in [6, 6.07) is 0. The van der Waals surface area contributed by atoms with Crippen molar-refractivity contribution in [1.82, 2.24) is 10.2 Å². The normalized spacial score (nSPS) is 19.7. The first-order valence-electron chi connectivity index (χ1n) is 5.49. The second-order valence-electron chi connectivity index (χ2n) is 3.75. The molecule has 1 amide bonds. The molecule has 1 unspecified atom stereocenters. The molecule has 0 fully saturated rings. The highest BCUT2D eigenvalue weighted by Gasteiger charge is 2.11. The lowest BCUT2D eigenvalue weighted by Gasteiger charge is -2.20. The van der Waals surface area contributed by atoms with Gasteiger partial charge in [-0.1, -0.05) is 0 Å². The van der Waals surface area contributed by atoms with Gasteiger partial charge in [-0.25, -0.2) is 0 Å². The van der Waals surface area contributed by atoms with Crippen LogP contribution in [0.25, 0.3) is 0 Å². The number of ether oxygens (including phenoxy) is 1. The number of hydrogen-bond acceptors (Lipinski definition) is 3. The minimum atomic E-state index is 0.129. The summed E-state index contributed by atoms with van der Waals surface area (Å²) in [6.07, 6.45) is 6.08. The van der Waals surface area contributed by atoms with Gasteiger partial charge < -0.3 is 15.0 Å². The van der Waals surface area contributed by atoms with Crippen LogP contribution in [0.2, 0.25) is 0 Å². The van der Waals surface area contributed by atoms with E-state index in [0.29, 0.717) is 6.54 Å². The number of carbonyl (C=O) groups is 1. The van der Waals surface area contributed by atoms with Gasteiger partial charge in [0.1, 0.15) is 6.10 Å². The molecule has 0 spiro atoms. The monoisotopic (exact) mass is 212 g/mol. The van der Waals surface area contributed by atoms with Crippen LogP contribution in [0.4, 0.5) is 0 Å². The predicted octanol–water partition coefficient (Wildman–Crippen LogP) is 0.747. The van der Waals surface area contributed by atoms with Crippen molar-refractivity contribution in [2.75, 3.05) is 26.7 Å². The van der Waals surface area contributed by atoms with Gasteiger partial charge in [0.2, 0.25) is 5.91 Å². The number of allylic oxidation sites excluding steroid dienone is 1. The van der Waals surface area contributed by atoms with E-state index < -0.39 is 0 Å². The van der Waals surface area contributed by atoms with Crippen molar-refractivity contribution in [3.05, 3.63) is 12.3 Å². The summed E-state index contributed by atoms with van der Waals surface area (Å²) in [5.41, 5.74) is 0. The fourth-order valence-corrected chi connectivity index (χ4v) is 1.39. The van der Waals surface area contributed by atoms with Crippen LogP contribution in [0.3, 0.4) is 0 Å². The number of amides is 1. The highest BCUT2D eigenvalue weighted by Crippen LogP contribution is 2.08. The molecular formula is C11H20N2O2. The molecule has 0 aromatic heterocycles. The maximum Gasteiger partial charge on any atom is 0.236 e. The smallest absolute Gasteiger partial charge is 0.236 e. The minimum absolute atomic E-state index is 0.129. The highest BCUT2D eigenvalue weighted by molar-refractivity contribution is 5.77. The summed E-state index contributed by atoms with van der Waals surface area (Å²) in [4.78, 5) is 13.1. The van der Waals surface area contributed by atoms with Gasteiger partial charge in [0.15, 0.2) is 0 Å². The van der Waals surface area contributed by atoms with Crippen molar-refractivity contribution in [3.8, 4) is 0 Å². The number of carbonyl (C=O) groups excluding carboxylic acids is 1. The molecule has 0 saturated carbocycles. The number of rotatable bonds is 5. The average molecular weight is 212 g/mol. The molecular weight excluding hydrogens is 192 g/mol. The molecule has 0 aliphatic carbocycles. The quantitative estimate of drug-likeness (QED) is 0.731. The zero-order valence-electron chi connectivity index (χ0n) is 9.53. The van der Waals surface area contributed by atoms with Crippen molar-refractivity contribution in [2.45, 2.75) is 25.9 Å². The van der Waals surface area contributed by atoms with Crippen LogP contribution in [0.15, 0.2) is 12.3 Å². The zero-order valence-corrected chi connectivity index (χ0v) is 9.53. The molecule has 15 heavy (non-hydrogen) atoms. The van der Waals surface area contributed by atoms with Crippen molar-refractivity contribution in [3.63, 3.8) is 0 Å². The van der Waals surface area contributed by atoms with E-state index in [2.05, 4.69) is 5.32 Å². The van der Waals surface area contributed by atoms with Crippen LogP contribution in [0, 0.1) is 0 Å². The number of nitrogens with zero attached hydrogens (tertiary/aromatic N) is 1. The maximum absolute atomic E-state index is 11.4. The van der Waals surface area contributed by atoms with Crippen molar-refractivity contribution >= 4 is 5.91 Å². The summed E-state index contributed by atoms with van der Waals surface area (Å²) < 4.78 is 5.38. The van der Waals surface area contributed by atoms with Gasteiger partial charge >= 0.3 is 0 Å². The Morgan fingerprint density at radius 1 is 1.67 bits per heavy atom. The van der Waals surface area contributed by atoms with Gasteiger partial charge in [-0.2, -0.15) is 0 Å². The van der Waals surface area contributed by atoms with Gasteiger partial charge in [-0.05, 0) is 25.8 Å². The van der Waals surface area contributed by atoms with Gasteiger partial charge in [-0.15, -0.1) is 0 Å².